The summed E-state index contributed by atoms with van der Waals surface area (Å²) in [6, 6.07) is 4.05. The second kappa shape index (κ2) is 6.20. The molecular weight excluding hydrogens is 311 g/mol. The first-order chi connectivity index (χ1) is 9.76. The summed E-state index contributed by atoms with van der Waals surface area (Å²) in [4.78, 5) is -0.115. The molecule has 0 aromatic heterocycles. The summed E-state index contributed by atoms with van der Waals surface area (Å²) in [5, 5.41) is 0. The van der Waals surface area contributed by atoms with E-state index in [1.807, 2.05) is 0 Å². The molecule has 0 bridgehead atoms. The molecule has 0 spiro atoms. The van der Waals surface area contributed by atoms with Crippen LogP contribution in [0.4, 0.5) is 13.2 Å². The molecular formula is C12H14F3NO4S. The topological polar surface area (TPSA) is 64.6 Å². The molecule has 1 heterocycles. The molecule has 118 valence electrons. The first-order valence-corrected chi connectivity index (χ1v) is 7.68. The van der Waals surface area contributed by atoms with Gasteiger partial charge in [-0.15, -0.1) is 13.2 Å². The van der Waals surface area contributed by atoms with Crippen molar-refractivity contribution in [1.82, 2.24) is 4.72 Å². The Hall–Kier alpha value is -1.32. The number of sulfonamides is 1. The molecule has 21 heavy (non-hydrogen) atoms. The predicted molar refractivity (Wildman–Crippen MR) is 67.2 cm³/mol. The molecule has 9 heteroatoms. The van der Waals surface area contributed by atoms with E-state index in [9.17, 15) is 21.6 Å². The Morgan fingerprint density at radius 3 is 2.48 bits per heavy atom. The van der Waals surface area contributed by atoms with Crippen LogP contribution in [0.2, 0.25) is 0 Å². The number of hydrogen-bond acceptors (Lipinski definition) is 4. The van der Waals surface area contributed by atoms with E-state index in [0.29, 0.717) is 13.2 Å². The minimum Gasteiger partial charge on any atom is -0.406 e. The molecule has 1 saturated heterocycles. The second-order valence-corrected chi connectivity index (χ2v) is 6.37. The van der Waals surface area contributed by atoms with E-state index in [-0.39, 0.29) is 17.4 Å². The molecule has 0 aliphatic carbocycles. The summed E-state index contributed by atoms with van der Waals surface area (Å²) in [7, 11) is -3.75. The molecule has 5 nitrogen and oxygen atoms in total. The summed E-state index contributed by atoms with van der Waals surface area (Å²) in [5.74, 6) is -0.349. The van der Waals surface area contributed by atoms with E-state index in [1.165, 1.54) is 0 Å². The highest BCUT2D eigenvalue weighted by Gasteiger charge is 2.31. The van der Waals surface area contributed by atoms with Gasteiger partial charge in [-0.2, -0.15) is 0 Å². The molecule has 0 radical (unpaired) electrons. The van der Waals surface area contributed by atoms with Gasteiger partial charge in [-0.05, 0) is 36.6 Å². The predicted octanol–water partition coefficient (Wildman–Crippen LogP) is 1.90. The fraction of sp³-hybridized carbons (Fsp3) is 0.500. The number of benzene rings is 1. The van der Waals surface area contributed by atoms with Gasteiger partial charge in [-0.1, -0.05) is 0 Å². The lowest BCUT2D eigenvalue weighted by molar-refractivity contribution is -0.274. The van der Waals surface area contributed by atoms with E-state index >= 15 is 0 Å². The molecule has 1 N–H and O–H groups in total. The van der Waals surface area contributed by atoms with Gasteiger partial charge in [0.2, 0.25) is 10.0 Å². The molecule has 1 aromatic carbocycles. The number of halogens is 3. The standard InChI is InChI=1S/C12H14F3NO4S/c13-12(14,15)20-10-1-3-11(4-2-10)21(17,18)16-7-9-5-6-19-8-9/h1-4,9,16H,5-8H2/t9-/m0/s1. The SMILES string of the molecule is O=S(=O)(NC[C@@H]1CCOC1)c1ccc(OC(F)(F)F)cc1. The molecule has 1 aromatic rings. The lowest BCUT2D eigenvalue weighted by atomic mass is 10.1. The van der Waals surface area contributed by atoms with Gasteiger partial charge in [0.25, 0.3) is 0 Å². The van der Waals surface area contributed by atoms with Crippen molar-refractivity contribution in [3.05, 3.63) is 24.3 Å². The molecule has 1 atom stereocenters. The van der Waals surface area contributed by atoms with Gasteiger partial charge in [0, 0.05) is 13.2 Å². The third-order valence-electron chi connectivity index (χ3n) is 2.95. The fourth-order valence-electron chi connectivity index (χ4n) is 1.88. The highest BCUT2D eigenvalue weighted by molar-refractivity contribution is 7.89. The number of ether oxygens (including phenoxy) is 2. The maximum Gasteiger partial charge on any atom is 0.573 e. The lowest BCUT2D eigenvalue weighted by Gasteiger charge is -2.11. The highest BCUT2D eigenvalue weighted by atomic mass is 32.2. The maximum absolute atomic E-state index is 12.0. The van der Waals surface area contributed by atoms with Crippen molar-refractivity contribution in [2.24, 2.45) is 5.92 Å². The Balaban J connectivity index is 1.99. The van der Waals surface area contributed by atoms with Crippen LogP contribution in [0.25, 0.3) is 0 Å². The Labute approximate surface area is 120 Å². The minimum absolute atomic E-state index is 0.115. The van der Waals surface area contributed by atoms with Crippen molar-refractivity contribution >= 4 is 10.0 Å². The van der Waals surface area contributed by atoms with Crippen molar-refractivity contribution in [2.45, 2.75) is 17.7 Å². The van der Waals surface area contributed by atoms with Crippen molar-refractivity contribution in [2.75, 3.05) is 19.8 Å². The first kappa shape index (κ1) is 16.1. The van der Waals surface area contributed by atoms with Gasteiger partial charge >= 0.3 is 6.36 Å². The van der Waals surface area contributed by atoms with Crippen molar-refractivity contribution in [3.8, 4) is 5.75 Å². The second-order valence-electron chi connectivity index (χ2n) is 4.60. The number of rotatable bonds is 5. The Morgan fingerprint density at radius 1 is 1.29 bits per heavy atom. The van der Waals surface area contributed by atoms with E-state index < -0.39 is 22.1 Å². The van der Waals surface area contributed by atoms with Crippen LogP contribution in [0.5, 0.6) is 5.75 Å². The fourth-order valence-corrected chi connectivity index (χ4v) is 2.99. The highest BCUT2D eigenvalue weighted by Crippen LogP contribution is 2.24. The normalized spacial score (nSPS) is 19.7. The van der Waals surface area contributed by atoms with Gasteiger partial charge in [-0.25, -0.2) is 13.1 Å². The van der Waals surface area contributed by atoms with E-state index in [0.717, 1.165) is 30.7 Å². The van der Waals surface area contributed by atoms with Gasteiger partial charge < -0.3 is 9.47 Å². The molecule has 1 aliphatic rings. The summed E-state index contributed by atoms with van der Waals surface area (Å²) in [5.41, 5.74) is 0. The van der Waals surface area contributed by atoms with Gasteiger partial charge in [0.05, 0.1) is 11.5 Å². The Bertz CT molecular complexity index is 565. The zero-order valence-corrected chi connectivity index (χ0v) is 11.7. The maximum atomic E-state index is 12.0. The number of alkyl halides is 3. The number of nitrogens with one attached hydrogen (secondary N) is 1. The van der Waals surface area contributed by atoms with Gasteiger partial charge in [0.1, 0.15) is 5.75 Å². The van der Waals surface area contributed by atoms with Crippen LogP contribution < -0.4 is 9.46 Å². The van der Waals surface area contributed by atoms with Crippen LogP contribution in [0, 0.1) is 5.92 Å². The van der Waals surface area contributed by atoms with Crippen LogP contribution in [0.3, 0.4) is 0 Å². The summed E-state index contributed by atoms with van der Waals surface area (Å²) < 4.78 is 71.2. The van der Waals surface area contributed by atoms with Gasteiger partial charge in [0.15, 0.2) is 0 Å². The third-order valence-corrected chi connectivity index (χ3v) is 4.39. The van der Waals surface area contributed by atoms with Gasteiger partial charge in [-0.3, -0.25) is 0 Å². The third kappa shape index (κ3) is 4.87. The average Bonchev–Trinajstić information content (AvgIpc) is 2.88. The van der Waals surface area contributed by atoms with Crippen molar-refractivity contribution < 1.29 is 31.1 Å². The van der Waals surface area contributed by atoms with Crippen LogP contribution >= 0.6 is 0 Å². The zero-order valence-electron chi connectivity index (χ0n) is 10.9. The van der Waals surface area contributed by atoms with E-state index in [1.54, 1.807) is 0 Å². The molecule has 2 rings (SSSR count). The van der Waals surface area contributed by atoms with Crippen LogP contribution in [0.15, 0.2) is 29.2 Å². The lowest BCUT2D eigenvalue weighted by Crippen LogP contribution is -2.29. The number of hydrogen-bond donors (Lipinski definition) is 1. The quantitative estimate of drug-likeness (QED) is 0.898. The minimum atomic E-state index is -4.80. The van der Waals surface area contributed by atoms with E-state index in [4.69, 9.17) is 4.74 Å². The smallest absolute Gasteiger partial charge is 0.406 e. The van der Waals surface area contributed by atoms with Crippen molar-refractivity contribution in [3.63, 3.8) is 0 Å². The average molecular weight is 325 g/mol. The molecule has 1 aliphatic heterocycles. The van der Waals surface area contributed by atoms with Crippen LogP contribution in [-0.2, 0) is 14.8 Å². The van der Waals surface area contributed by atoms with Crippen LogP contribution in [-0.4, -0.2) is 34.5 Å². The first-order valence-electron chi connectivity index (χ1n) is 6.19. The Kier molecular flexibility index (Phi) is 4.74. The summed E-state index contributed by atoms with van der Waals surface area (Å²) in [6.45, 7) is 1.35. The molecule has 0 saturated carbocycles. The molecule has 0 unspecified atom stereocenters. The van der Waals surface area contributed by atoms with E-state index in [2.05, 4.69) is 9.46 Å². The summed E-state index contributed by atoms with van der Waals surface area (Å²) in [6.07, 6.45) is -4.03. The van der Waals surface area contributed by atoms with Crippen molar-refractivity contribution in [1.29, 1.82) is 0 Å². The molecule has 1 fully saturated rings. The monoisotopic (exact) mass is 325 g/mol. The zero-order chi connectivity index (χ0) is 15.5. The summed E-state index contributed by atoms with van der Waals surface area (Å²) >= 11 is 0. The van der Waals surface area contributed by atoms with Crippen LogP contribution in [0.1, 0.15) is 6.42 Å². The molecule has 0 amide bonds. The Morgan fingerprint density at radius 2 is 1.95 bits per heavy atom. The largest absolute Gasteiger partial charge is 0.573 e.